The maximum atomic E-state index is 11.9. The van der Waals surface area contributed by atoms with Gasteiger partial charge in [0.15, 0.2) is 0 Å². The molecular weight excluding hydrogens is 322 g/mol. The molecule has 0 heterocycles. The summed E-state index contributed by atoms with van der Waals surface area (Å²) in [5.74, 6) is -1.17. The van der Waals surface area contributed by atoms with E-state index in [9.17, 15) is 13.2 Å². The van der Waals surface area contributed by atoms with E-state index in [1.807, 2.05) is 6.92 Å². The first-order chi connectivity index (χ1) is 8.38. The summed E-state index contributed by atoms with van der Waals surface area (Å²) >= 11 is 3.07. The van der Waals surface area contributed by atoms with E-state index >= 15 is 0 Å². The Morgan fingerprint density at radius 2 is 2.11 bits per heavy atom. The standard InChI is InChI=1S/C11H14BrNO4S/c1-2-3-6-13-18(16,17)8-4-5-10(12)9(7-8)11(14)15/h4-5,7,13H,2-3,6H2,1H3,(H,14,15). The number of aromatic carboxylic acids is 1. The Hall–Kier alpha value is -0.920. The zero-order valence-corrected chi connectivity index (χ0v) is 12.2. The molecule has 0 spiro atoms. The SMILES string of the molecule is CCCCNS(=O)(=O)c1ccc(Br)c(C(=O)O)c1. The molecule has 2 N–H and O–H groups in total. The Bertz CT molecular complexity index is 542. The topological polar surface area (TPSA) is 83.5 Å². The lowest BCUT2D eigenvalue weighted by Gasteiger charge is -2.07. The van der Waals surface area contributed by atoms with Gasteiger partial charge in [-0.3, -0.25) is 0 Å². The summed E-state index contributed by atoms with van der Waals surface area (Å²) in [6.07, 6.45) is 1.62. The molecule has 0 aliphatic heterocycles. The summed E-state index contributed by atoms with van der Waals surface area (Å²) in [6, 6.07) is 3.92. The molecule has 5 nitrogen and oxygen atoms in total. The molecular formula is C11H14BrNO4S. The van der Waals surface area contributed by atoms with Crippen molar-refractivity contribution in [2.75, 3.05) is 6.54 Å². The second-order valence-corrected chi connectivity index (χ2v) is 6.32. The Kier molecular flexibility index (Phi) is 5.30. The van der Waals surface area contributed by atoms with Gasteiger partial charge in [0, 0.05) is 11.0 Å². The van der Waals surface area contributed by atoms with Crippen LogP contribution in [0.3, 0.4) is 0 Å². The fourth-order valence-electron chi connectivity index (χ4n) is 1.30. The lowest BCUT2D eigenvalue weighted by molar-refractivity contribution is 0.0695. The van der Waals surface area contributed by atoms with E-state index in [1.54, 1.807) is 0 Å². The number of sulfonamides is 1. The van der Waals surface area contributed by atoms with Gasteiger partial charge in [-0.1, -0.05) is 13.3 Å². The molecule has 18 heavy (non-hydrogen) atoms. The van der Waals surface area contributed by atoms with E-state index in [0.29, 0.717) is 11.0 Å². The van der Waals surface area contributed by atoms with Crippen LogP contribution in [0.5, 0.6) is 0 Å². The van der Waals surface area contributed by atoms with E-state index in [0.717, 1.165) is 18.9 Å². The Balaban J connectivity index is 3.02. The first kappa shape index (κ1) is 15.1. The summed E-state index contributed by atoms with van der Waals surface area (Å²) in [5, 5.41) is 8.92. The average Bonchev–Trinajstić information content (AvgIpc) is 2.29. The molecule has 0 radical (unpaired) electrons. The highest BCUT2D eigenvalue weighted by atomic mass is 79.9. The van der Waals surface area contributed by atoms with Gasteiger partial charge >= 0.3 is 5.97 Å². The molecule has 0 aliphatic carbocycles. The number of nitrogens with one attached hydrogen (secondary N) is 1. The van der Waals surface area contributed by atoms with Gasteiger partial charge in [-0.25, -0.2) is 17.9 Å². The van der Waals surface area contributed by atoms with Crippen molar-refractivity contribution in [3.8, 4) is 0 Å². The van der Waals surface area contributed by atoms with Gasteiger partial charge in [-0.15, -0.1) is 0 Å². The number of rotatable bonds is 6. The Morgan fingerprint density at radius 3 is 2.67 bits per heavy atom. The number of halogens is 1. The molecule has 0 amide bonds. The second kappa shape index (κ2) is 6.31. The fraction of sp³-hybridized carbons (Fsp3) is 0.364. The molecule has 0 fully saturated rings. The summed E-state index contributed by atoms with van der Waals surface area (Å²) in [6.45, 7) is 2.30. The van der Waals surface area contributed by atoms with Crippen LogP contribution < -0.4 is 4.72 Å². The van der Waals surface area contributed by atoms with Crippen LogP contribution in [0.1, 0.15) is 30.1 Å². The highest BCUT2D eigenvalue weighted by Crippen LogP contribution is 2.21. The lowest BCUT2D eigenvalue weighted by atomic mass is 10.2. The predicted molar refractivity (Wildman–Crippen MR) is 71.2 cm³/mol. The second-order valence-electron chi connectivity index (χ2n) is 3.70. The fourth-order valence-corrected chi connectivity index (χ4v) is 2.82. The smallest absolute Gasteiger partial charge is 0.336 e. The average molecular weight is 336 g/mol. The highest BCUT2D eigenvalue weighted by molar-refractivity contribution is 9.10. The van der Waals surface area contributed by atoms with Crippen molar-refractivity contribution in [3.05, 3.63) is 28.2 Å². The van der Waals surface area contributed by atoms with Crippen LogP contribution in [-0.2, 0) is 10.0 Å². The van der Waals surface area contributed by atoms with Crippen molar-refractivity contribution in [1.29, 1.82) is 0 Å². The van der Waals surface area contributed by atoms with Crippen LogP contribution in [0.4, 0.5) is 0 Å². The Labute approximate surface area is 114 Å². The number of carbonyl (C=O) groups is 1. The van der Waals surface area contributed by atoms with Gasteiger partial charge < -0.3 is 5.11 Å². The Morgan fingerprint density at radius 1 is 1.44 bits per heavy atom. The number of benzene rings is 1. The van der Waals surface area contributed by atoms with Crippen molar-refractivity contribution >= 4 is 31.9 Å². The van der Waals surface area contributed by atoms with Gasteiger partial charge in [-0.2, -0.15) is 0 Å². The number of unbranched alkanes of at least 4 members (excludes halogenated alkanes) is 1. The highest BCUT2D eigenvalue weighted by Gasteiger charge is 2.17. The monoisotopic (exact) mass is 335 g/mol. The van der Waals surface area contributed by atoms with Crippen molar-refractivity contribution in [1.82, 2.24) is 4.72 Å². The van der Waals surface area contributed by atoms with Crippen LogP contribution in [0.25, 0.3) is 0 Å². The molecule has 0 atom stereocenters. The summed E-state index contributed by atoms with van der Waals surface area (Å²) in [5.41, 5.74) is -0.0756. The molecule has 0 saturated carbocycles. The molecule has 1 aromatic rings. The van der Waals surface area contributed by atoms with Gasteiger partial charge in [0.05, 0.1) is 10.5 Å². The molecule has 1 rings (SSSR count). The molecule has 7 heteroatoms. The molecule has 0 bridgehead atoms. The van der Waals surface area contributed by atoms with Crippen molar-refractivity contribution in [3.63, 3.8) is 0 Å². The van der Waals surface area contributed by atoms with Gasteiger partial charge in [0.1, 0.15) is 0 Å². The van der Waals surface area contributed by atoms with Crippen LogP contribution in [-0.4, -0.2) is 26.0 Å². The summed E-state index contributed by atoms with van der Waals surface area (Å²) < 4.78 is 26.5. The third kappa shape index (κ3) is 3.79. The molecule has 0 aliphatic rings. The number of hydrogen-bond donors (Lipinski definition) is 2. The van der Waals surface area contributed by atoms with Crippen LogP contribution >= 0.6 is 15.9 Å². The van der Waals surface area contributed by atoms with Crippen molar-refractivity contribution in [2.45, 2.75) is 24.7 Å². The minimum atomic E-state index is -3.64. The molecule has 0 unspecified atom stereocenters. The van der Waals surface area contributed by atoms with E-state index in [2.05, 4.69) is 20.7 Å². The zero-order valence-electron chi connectivity index (χ0n) is 9.81. The predicted octanol–water partition coefficient (Wildman–Crippen LogP) is 2.23. The molecule has 0 aromatic heterocycles. The minimum Gasteiger partial charge on any atom is -0.478 e. The summed E-state index contributed by atoms with van der Waals surface area (Å²) in [7, 11) is -3.64. The van der Waals surface area contributed by atoms with Crippen LogP contribution in [0.2, 0.25) is 0 Å². The molecule has 1 aromatic carbocycles. The van der Waals surface area contributed by atoms with Crippen molar-refractivity contribution < 1.29 is 18.3 Å². The largest absolute Gasteiger partial charge is 0.478 e. The quantitative estimate of drug-likeness (QED) is 0.781. The maximum absolute atomic E-state index is 11.9. The molecule has 100 valence electrons. The first-order valence-corrected chi connectivity index (χ1v) is 7.68. The minimum absolute atomic E-state index is 0.0424. The van der Waals surface area contributed by atoms with Gasteiger partial charge in [-0.05, 0) is 40.5 Å². The lowest BCUT2D eigenvalue weighted by Crippen LogP contribution is -2.25. The first-order valence-electron chi connectivity index (χ1n) is 5.41. The van der Waals surface area contributed by atoms with E-state index < -0.39 is 16.0 Å². The van der Waals surface area contributed by atoms with E-state index in [1.165, 1.54) is 12.1 Å². The zero-order chi connectivity index (χ0) is 13.8. The number of carboxylic acids is 1. The van der Waals surface area contributed by atoms with E-state index in [4.69, 9.17) is 5.11 Å². The summed E-state index contributed by atoms with van der Waals surface area (Å²) in [4.78, 5) is 10.9. The maximum Gasteiger partial charge on any atom is 0.336 e. The van der Waals surface area contributed by atoms with Crippen LogP contribution in [0, 0.1) is 0 Å². The normalized spacial score (nSPS) is 11.4. The van der Waals surface area contributed by atoms with Gasteiger partial charge in [0.25, 0.3) is 0 Å². The van der Waals surface area contributed by atoms with Crippen LogP contribution in [0.15, 0.2) is 27.6 Å². The third-order valence-corrected chi connectivity index (χ3v) is 4.45. The molecule has 0 saturated heterocycles. The number of hydrogen-bond acceptors (Lipinski definition) is 3. The van der Waals surface area contributed by atoms with Gasteiger partial charge in [0.2, 0.25) is 10.0 Å². The third-order valence-electron chi connectivity index (χ3n) is 2.30. The van der Waals surface area contributed by atoms with E-state index in [-0.39, 0.29) is 10.5 Å². The van der Waals surface area contributed by atoms with Crippen molar-refractivity contribution in [2.24, 2.45) is 0 Å². The number of carboxylic acid groups (broad SMARTS) is 1.